The summed E-state index contributed by atoms with van der Waals surface area (Å²) in [5.74, 6) is 0.965. The smallest absolute Gasteiger partial charge is 0.193 e. The minimum atomic E-state index is 0. The summed E-state index contributed by atoms with van der Waals surface area (Å²) in [6, 6.07) is 6.18. The Morgan fingerprint density at radius 1 is 1.40 bits per heavy atom. The number of aryl methyl sites for hydroxylation is 1. The molecule has 2 fully saturated rings. The van der Waals surface area contributed by atoms with Crippen molar-refractivity contribution in [2.45, 2.75) is 26.3 Å². The van der Waals surface area contributed by atoms with Crippen LogP contribution in [0.4, 0.5) is 0 Å². The number of likely N-dealkylation sites (tertiary alicyclic amines) is 1. The van der Waals surface area contributed by atoms with Crippen LogP contribution in [0.15, 0.2) is 29.4 Å². The minimum absolute atomic E-state index is 0. The largest absolute Gasteiger partial charge is 0.381 e. The number of hydrogen-bond donors (Lipinski definition) is 1. The summed E-state index contributed by atoms with van der Waals surface area (Å²) in [6.45, 7) is 6.67. The van der Waals surface area contributed by atoms with Gasteiger partial charge < -0.3 is 19.4 Å². The fourth-order valence-electron chi connectivity index (χ4n) is 3.87. The number of nitrogens with one attached hydrogen (secondary N) is 1. The topological polar surface area (TPSA) is 54.2 Å². The average Bonchev–Trinajstić information content (AvgIpc) is 3.30. The lowest BCUT2D eigenvalue weighted by molar-refractivity contribution is 0.156. The van der Waals surface area contributed by atoms with Crippen LogP contribution in [0.2, 0.25) is 0 Å². The third-order valence-electron chi connectivity index (χ3n) is 5.31. The van der Waals surface area contributed by atoms with Gasteiger partial charge in [-0.2, -0.15) is 0 Å². The number of halogens is 1. The van der Waals surface area contributed by atoms with Gasteiger partial charge in [0.2, 0.25) is 0 Å². The van der Waals surface area contributed by atoms with Crippen molar-refractivity contribution >= 4 is 35.6 Å². The van der Waals surface area contributed by atoms with Gasteiger partial charge in [0.15, 0.2) is 5.96 Å². The Hall–Kier alpha value is -1.35. The second kappa shape index (κ2) is 7.49. The number of hydrogen-bond acceptors (Lipinski definition) is 3. The molecule has 7 heteroatoms. The van der Waals surface area contributed by atoms with Gasteiger partial charge in [-0.05, 0) is 31.9 Å². The predicted molar refractivity (Wildman–Crippen MR) is 110 cm³/mol. The Morgan fingerprint density at radius 2 is 2.28 bits per heavy atom. The number of pyridine rings is 1. The Morgan fingerprint density at radius 3 is 3.00 bits per heavy atom. The number of imidazole rings is 1. The Balaban J connectivity index is 0.00000182. The van der Waals surface area contributed by atoms with Crippen molar-refractivity contribution in [2.24, 2.45) is 10.4 Å². The molecule has 0 aromatic carbocycles. The molecule has 0 amide bonds. The van der Waals surface area contributed by atoms with E-state index in [0.717, 1.165) is 43.6 Å². The van der Waals surface area contributed by atoms with Crippen molar-refractivity contribution in [1.82, 2.24) is 19.6 Å². The lowest BCUT2D eigenvalue weighted by Gasteiger charge is -2.24. The van der Waals surface area contributed by atoms with Gasteiger partial charge in [0, 0.05) is 44.0 Å². The summed E-state index contributed by atoms with van der Waals surface area (Å²) >= 11 is 0. The lowest BCUT2D eigenvalue weighted by Crippen LogP contribution is -2.41. The van der Waals surface area contributed by atoms with Crippen molar-refractivity contribution in [3.05, 3.63) is 35.8 Å². The van der Waals surface area contributed by atoms with Gasteiger partial charge in [0.05, 0.1) is 18.8 Å². The zero-order valence-corrected chi connectivity index (χ0v) is 17.2. The van der Waals surface area contributed by atoms with Crippen LogP contribution in [0.5, 0.6) is 0 Å². The van der Waals surface area contributed by atoms with E-state index in [9.17, 15) is 0 Å². The fourth-order valence-corrected chi connectivity index (χ4v) is 3.87. The van der Waals surface area contributed by atoms with Gasteiger partial charge in [-0.1, -0.05) is 6.07 Å². The molecule has 0 bridgehead atoms. The van der Waals surface area contributed by atoms with Crippen molar-refractivity contribution < 1.29 is 4.74 Å². The maximum absolute atomic E-state index is 5.62. The van der Waals surface area contributed by atoms with Crippen LogP contribution in [0.1, 0.15) is 24.2 Å². The second-order valence-electron chi connectivity index (χ2n) is 7.00. The summed E-state index contributed by atoms with van der Waals surface area (Å²) in [5, 5.41) is 3.47. The monoisotopic (exact) mass is 455 g/mol. The molecule has 1 unspecified atom stereocenters. The Kier molecular flexibility index (Phi) is 5.52. The van der Waals surface area contributed by atoms with E-state index < -0.39 is 0 Å². The second-order valence-corrected chi connectivity index (χ2v) is 7.00. The highest BCUT2D eigenvalue weighted by molar-refractivity contribution is 14.0. The molecule has 2 aliphatic heterocycles. The predicted octanol–water partition coefficient (Wildman–Crippen LogP) is 2.45. The molecule has 4 rings (SSSR count). The maximum Gasteiger partial charge on any atom is 0.193 e. The van der Waals surface area contributed by atoms with E-state index in [1.165, 1.54) is 18.5 Å². The number of aliphatic imine (C=N–C) groups is 1. The molecule has 0 saturated carbocycles. The van der Waals surface area contributed by atoms with Crippen LogP contribution < -0.4 is 5.32 Å². The van der Waals surface area contributed by atoms with E-state index >= 15 is 0 Å². The fraction of sp³-hybridized carbons (Fsp3) is 0.556. The summed E-state index contributed by atoms with van der Waals surface area (Å²) in [7, 11) is 1.85. The molecule has 2 aliphatic rings. The average molecular weight is 455 g/mol. The first-order valence-electron chi connectivity index (χ1n) is 8.66. The van der Waals surface area contributed by atoms with Crippen LogP contribution in [0.3, 0.4) is 0 Å². The number of nitrogens with zero attached hydrogens (tertiary/aromatic N) is 4. The molecule has 1 atom stereocenters. The van der Waals surface area contributed by atoms with Crippen LogP contribution in [0, 0.1) is 12.3 Å². The number of aromatic nitrogens is 2. The van der Waals surface area contributed by atoms with Gasteiger partial charge in [0.1, 0.15) is 5.65 Å². The van der Waals surface area contributed by atoms with Crippen LogP contribution in [0.25, 0.3) is 5.65 Å². The van der Waals surface area contributed by atoms with E-state index in [1.807, 2.05) is 19.2 Å². The zero-order chi connectivity index (χ0) is 16.6. The Labute approximate surface area is 165 Å². The highest BCUT2D eigenvalue weighted by atomic mass is 127. The standard InChI is InChI=1S/C18H25N5O.HI/c1-14-4-3-5-16-21-15(11-23(14)16)10-20-17(19-2)22-8-6-18(12-22)7-9-24-13-18;/h3-5,11H,6-10,12-13H2,1-2H3,(H,19,20);1H. The van der Waals surface area contributed by atoms with Gasteiger partial charge in [0.25, 0.3) is 0 Å². The molecule has 4 heterocycles. The highest BCUT2D eigenvalue weighted by Crippen LogP contribution is 2.38. The molecule has 1 N–H and O–H groups in total. The van der Waals surface area contributed by atoms with E-state index in [-0.39, 0.29) is 24.0 Å². The zero-order valence-electron chi connectivity index (χ0n) is 14.9. The van der Waals surface area contributed by atoms with E-state index in [1.54, 1.807) is 0 Å². The molecule has 2 saturated heterocycles. The minimum Gasteiger partial charge on any atom is -0.381 e. The van der Waals surface area contributed by atoms with Gasteiger partial charge in [-0.15, -0.1) is 24.0 Å². The molecular weight excluding hydrogens is 429 g/mol. The quantitative estimate of drug-likeness (QED) is 0.430. The molecule has 2 aromatic rings. The van der Waals surface area contributed by atoms with Gasteiger partial charge in [-0.25, -0.2) is 4.98 Å². The number of fused-ring (bicyclic) bond motifs is 1. The molecule has 2 aromatic heterocycles. The maximum atomic E-state index is 5.62. The SMILES string of the molecule is CN=C(NCc1cn2c(C)cccc2n1)N1CCC2(CCOC2)C1.I. The summed E-state index contributed by atoms with van der Waals surface area (Å²) in [6.07, 6.45) is 4.47. The van der Waals surface area contributed by atoms with Gasteiger partial charge in [-0.3, -0.25) is 4.99 Å². The summed E-state index contributed by atoms with van der Waals surface area (Å²) < 4.78 is 7.74. The first-order valence-corrected chi connectivity index (χ1v) is 8.66. The number of ether oxygens (including phenoxy) is 1. The molecule has 6 nitrogen and oxygen atoms in total. The molecular formula is C18H26IN5O. The molecule has 0 radical (unpaired) electrons. The first kappa shape index (κ1) is 18.4. The van der Waals surface area contributed by atoms with E-state index in [2.05, 4.69) is 43.8 Å². The number of guanidine groups is 1. The van der Waals surface area contributed by atoms with Crippen molar-refractivity contribution in [1.29, 1.82) is 0 Å². The Bertz CT molecular complexity index is 766. The first-order chi connectivity index (χ1) is 11.7. The van der Waals surface area contributed by atoms with Crippen LogP contribution in [-0.4, -0.2) is 53.6 Å². The third kappa shape index (κ3) is 3.62. The van der Waals surface area contributed by atoms with Gasteiger partial charge >= 0.3 is 0 Å². The highest BCUT2D eigenvalue weighted by Gasteiger charge is 2.42. The molecule has 0 aliphatic carbocycles. The van der Waals surface area contributed by atoms with Crippen molar-refractivity contribution in [3.8, 4) is 0 Å². The van der Waals surface area contributed by atoms with E-state index in [0.29, 0.717) is 12.0 Å². The summed E-state index contributed by atoms with van der Waals surface area (Å²) in [5.41, 5.74) is 3.56. The molecule has 1 spiro atoms. The molecule has 136 valence electrons. The van der Waals surface area contributed by atoms with Crippen molar-refractivity contribution in [2.75, 3.05) is 33.4 Å². The van der Waals surface area contributed by atoms with Crippen LogP contribution >= 0.6 is 24.0 Å². The number of rotatable bonds is 2. The van der Waals surface area contributed by atoms with Crippen molar-refractivity contribution in [3.63, 3.8) is 0 Å². The third-order valence-corrected chi connectivity index (χ3v) is 5.31. The lowest BCUT2D eigenvalue weighted by atomic mass is 9.87. The normalized spacial score (nSPS) is 23.4. The van der Waals surface area contributed by atoms with E-state index in [4.69, 9.17) is 4.74 Å². The summed E-state index contributed by atoms with van der Waals surface area (Å²) in [4.78, 5) is 11.5. The molecule has 25 heavy (non-hydrogen) atoms. The van der Waals surface area contributed by atoms with Crippen LogP contribution in [-0.2, 0) is 11.3 Å².